The molecule has 0 aromatic heterocycles. The van der Waals surface area contributed by atoms with Crippen LogP contribution in [0.5, 0.6) is 17.2 Å². The summed E-state index contributed by atoms with van der Waals surface area (Å²) in [4.78, 5) is 21.3. The van der Waals surface area contributed by atoms with Crippen molar-refractivity contribution in [2.75, 3.05) is 12.9 Å². The number of amidine groups is 1. The maximum absolute atomic E-state index is 11.1. The number of rotatable bonds is 6. The summed E-state index contributed by atoms with van der Waals surface area (Å²) in [5.41, 5.74) is 0.709. The van der Waals surface area contributed by atoms with Crippen molar-refractivity contribution < 1.29 is 19.2 Å². The SMILES string of the molecule is COc1cc(C=NN=C2NC(=O)CS2)ccc1Oc1ccc([N+](=O)[O-])cc1. The third-order valence-electron chi connectivity index (χ3n) is 3.40. The van der Waals surface area contributed by atoms with Gasteiger partial charge >= 0.3 is 0 Å². The van der Waals surface area contributed by atoms with Crippen LogP contribution in [0.1, 0.15) is 5.56 Å². The van der Waals surface area contributed by atoms with Crippen molar-refractivity contribution in [3.63, 3.8) is 0 Å². The summed E-state index contributed by atoms with van der Waals surface area (Å²) in [6.07, 6.45) is 1.52. The fourth-order valence-electron chi connectivity index (χ4n) is 2.14. The average molecular weight is 386 g/mol. The van der Waals surface area contributed by atoms with Crippen LogP contribution in [-0.2, 0) is 4.79 Å². The first-order valence-electron chi connectivity index (χ1n) is 7.69. The van der Waals surface area contributed by atoms with E-state index in [1.165, 1.54) is 49.4 Å². The Hall–Kier alpha value is -3.40. The first kappa shape index (κ1) is 18.4. The van der Waals surface area contributed by atoms with Crippen LogP contribution in [-0.4, -0.2) is 35.1 Å². The molecule has 0 spiro atoms. The van der Waals surface area contributed by atoms with Gasteiger partial charge in [0.25, 0.3) is 5.69 Å². The van der Waals surface area contributed by atoms with Gasteiger partial charge in [-0.3, -0.25) is 14.9 Å². The lowest BCUT2D eigenvalue weighted by atomic mass is 10.2. The van der Waals surface area contributed by atoms with E-state index in [9.17, 15) is 14.9 Å². The Morgan fingerprint density at radius 3 is 2.63 bits per heavy atom. The maximum Gasteiger partial charge on any atom is 0.269 e. The van der Waals surface area contributed by atoms with Crippen molar-refractivity contribution in [2.45, 2.75) is 0 Å². The number of nitrogens with one attached hydrogen (secondary N) is 1. The van der Waals surface area contributed by atoms with Crippen LogP contribution >= 0.6 is 11.8 Å². The molecule has 2 aromatic rings. The lowest BCUT2D eigenvalue weighted by Crippen LogP contribution is -2.19. The molecule has 0 unspecified atom stereocenters. The van der Waals surface area contributed by atoms with Crippen molar-refractivity contribution in [1.82, 2.24) is 5.32 Å². The van der Waals surface area contributed by atoms with E-state index in [4.69, 9.17) is 9.47 Å². The van der Waals surface area contributed by atoms with Gasteiger partial charge in [-0.05, 0) is 35.9 Å². The average Bonchev–Trinajstić information content (AvgIpc) is 3.08. The van der Waals surface area contributed by atoms with Gasteiger partial charge in [-0.15, -0.1) is 5.10 Å². The molecule has 1 amide bonds. The smallest absolute Gasteiger partial charge is 0.269 e. The number of hydrogen-bond acceptors (Lipinski definition) is 8. The molecule has 1 N–H and O–H groups in total. The number of methoxy groups -OCH3 is 1. The second-order valence-corrected chi connectivity index (χ2v) is 6.21. The summed E-state index contributed by atoms with van der Waals surface area (Å²) in [5.74, 6) is 1.61. The zero-order chi connectivity index (χ0) is 19.2. The Morgan fingerprint density at radius 1 is 1.22 bits per heavy atom. The number of carbonyl (C=O) groups is 1. The van der Waals surface area contributed by atoms with E-state index < -0.39 is 4.92 Å². The number of nitrogens with zero attached hydrogens (tertiary/aromatic N) is 3. The molecule has 10 heteroatoms. The van der Waals surface area contributed by atoms with E-state index >= 15 is 0 Å². The highest BCUT2D eigenvalue weighted by atomic mass is 32.2. The van der Waals surface area contributed by atoms with Crippen molar-refractivity contribution in [2.24, 2.45) is 10.2 Å². The summed E-state index contributed by atoms with van der Waals surface area (Å²) in [7, 11) is 1.50. The molecule has 1 aliphatic rings. The number of benzene rings is 2. The van der Waals surface area contributed by atoms with Crippen LogP contribution in [0.15, 0.2) is 52.7 Å². The number of amides is 1. The van der Waals surface area contributed by atoms with Gasteiger partial charge in [0.15, 0.2) is 16.7 Å². The van der Waals surface area contributed by atoms with E-state index in [0.717, 1.165) is 5.56 Å². The van der Waals surface area contributed by atoms with Gasteiger partial charge in [0.2, 0.25) is 5.91 Å². The van der Waals surface area contributed by atoms with Crippen LogP contribution in [0, 0.1) is 10.1 Å². The maximum atomic E-state index is 11.1. The molecule has 0 radical (unpaired) electrons. The molecule has 1 saturated heterocycles. The molecule has 2 aromatic carbocycles. The number of nitro benzene ring substituents is 1. The summed E-state index contributed by atoms with van der Waals surface area (Å²) in [5, 5.41) is 21.6. The Kier molecular flexibility index (Phi) is 5.67. The van der Waals surface area contributed by atoms with Crippen molar-refractivity contribution >= 4 is 34.7 Å². The van der Waals surface area contributed by atoms with E-state index in [0.29, 0.717) is 28.2 Å². The predicted octanol–water partition coefficient (Wildman–Crippen LogP) is 2.95. The van der Waals surface area contributed by atoms with E-state index in [2.05, 4.69) is 15.5 Å². The summed E-state index contributed by atoms with van der Waals surface area (Å²) >= 11 is 1.29. The largest absolute Gasteiger partial charge is 0.493 e. The number of hydrogen-bond donors (Lipinski definition) is 1. The first-order chi connectivity index (χ1) is 13.0. The van der Waals surface area contributed by atoms with E-state index in [1.807, 2.05) is 0 Å². The fourth-order valence-corrected chi connectivity index (χ4v) is 2.77. The van der Waals surface area contributed by atoms with E-state index in [1.54, 1.807) is 18.2 Å². The Labute approximate surface area is 158 Å². The normalized spacial score (nSPS) is 15.1. The zero-order valence-corrected chi connectivity index (χ0v) is 14.9. The molecule has 27 heavy (non-hydrogen) atoms. The Balaban J connectivity index is 1.72. The molecule has 3 rings (SSSR count). The number of ether oxygens (including phenoxy) is 2. The predicted molar refractivity (Wildman–Crippen MR) is 102 cm³/mol. The first-order valence-corrected chi connectivity index (χ1v) is 8.68. The molecule has 0 saturated carbocycles. The van der Waals surface area contributed by atoms with Crippen LogP contribution in [0.25, 0.3) is 0 Å². The van der Waals surface area contributed by atoms with Crippen molar-refractivity contribution in [3.05, 3.63) is 58.1 Å². The highest BCUT2D eigenvalue weighted by Crippen LogP contribution is 2.32. The quantitative estimate of drug-likeness (QED) is 0.464. The van der Waals surface area contributed by atoms with E-state index in [-0.39, 0.29) is 11.6 Å². The summed E-state index contributed by atoms with van der Waals surface area (Å²) < 4.78 is 11.0. The molecule has 1 heterocycles. The molecule has 1 aliphatic heterocycles. The minimum Gasteiger partial charge on any atom is -0.493 e. The molecule has 138 valence electrons. The van der Waals surface area contributed by atoms with Gasteiger partial charge in [0.1, 0.15) is 5.75 Å². The minimum atomic E-state index is -0.475. The van der Waals surface area contributed by atoms with Gasteiger partial charge in [-0.1, -0.05) is 11.8 Å². The van der Waals surface area contributed by atoms with Gasteiger partial charge in [0, 0.05) is 12.1 Å². The highest BCUT2D eigenvalue weighted by Gasteiger charge is 2.16. The van der Waals surface area contributed by atoms with Gasteiger partial charge < -0.3 is 14.8 Å². The molecule has 0 aliphatic carbocycles. The molecular weight excluding hydrogens is 372 g/mol. The van der Waals surface area contributed by atoms with Crippen LogP contribution < -0.4 is 14.8 Å². The standard InChI is InChI=1S/C17H14N4O5S/c1-25-15-8-11(9-18-20-17-19-16(22)10-27-17)2-7-14(15)26-13-5-3-12(4-6-13)21(23)24/h2-9H,10H2,1H3,(H,19,20,22). The summed E-state index contributed by atoms with van der Waals surface area (Å²) in [6, 6.07) is 10.9. The Morgan fingerprint density at radius 2 is 2.00 bits per heavy atom. The second-order valence-electron chi connectivity index (χ2n) is 5.25. The van der Waals surface area contributed by atoms with Crippen LogP contribution in [0.2, 0.25) is 0 Å². The van der Waals surface area contributed by atoms with Gasteiger partial charge in [0.05, 0.1) is 24.0 Å². The molecular formula is C17H14N4O5S. The zero-order valence-electron chi connectivity index (χ0n) is 14.1. The molecule has 0 bridgehead atoms. The molecule has 0 atom stereocenters. The lowest BCUT2D eigenvalue weighted by molar-refractivity contribution is -0.384. The fraction of sp³-hybridized carbons (Fsp3) is 0.118. The van der Waals surface area contributed by atoms with Crippen LogP contribution in [0.3, 0.4) is 0 Å². The topological polar surface area (TPSA) is 115 Å². The van der Waals surface area contributed by atoms with Gasteiger partial charge in [-0.25, -0.2) is 0 Å². The number of non-ortho nitro benzene ring substituents is 1. The minimum absolute atomic E-state index is 0.0147. The van der Waals surface area contributed by atoms with Crippen LogP contribution in [0.4, 0.5) is 5.69 Å². The van der Waals surface area contributed by atoms with Crippen molar-refractivity contribution in [3.8, 4) is 17.2 Å². The summed E-state index contributed by atoms with van der Waals surface area (Å²) in [6.45, 7) is 0. The number of carbonyl (C=O) groups excluding carboxylic acids is 1. The third-order valence-corrected chi connectivity index (χ3v) is 4.27. The number of thioether (sulfide) groups is 1. The lowest BCUT2D eigenvalue weighted by Gasteiger charge is -2.10. The van der Waals surface area contributed by atoms with Crippen molar-refractivity contribution in [1.29, 1.82) is 0 Å². The third kappa shape index (κ3) is 4.82. The monoisotopic (exact) mass is 386 g/mol. The molecule has 1 fully saturated rings. The van der Waals surface area contributed by atoms with Gasteiger partial charge in [-0.2, -0.15) is 5.10 Å². The second kappa shape index (κ2) is 8.32. The number of nitro groups is 1. The highest BCUT2D eigenvalue weighted by molar-refractivity contribution is 8.15. The molecule has 9 nitrogen and oxygen atoms in total. The Bertz CT molecular complexity index is 927.